The third-order valence-electron chi connectivity index (χ3n) is 2.49. The van der Waals surface area contributed by atoms with E-state index < -0.39 is 0 Å². The average molecular weight is 223 g/mol. The van der Waals surface area contributed by atoms with Crippen molar-refractivity contribution < 1.29 is 9.47 Å². The zero-order valence-corrected chi connectivity index (χ0v) is 9.40. The molecule has 1 unspecified atom stereocenters. The van der Waals surface area contributed by atoms with Crippen LogP contribution in [0, 0.1) is 0 Å². The van der Waals surface area contributed by atoms with Gasteiger partial charge in [-0.3, -0.25) is 0 Å². The average Bonchev–Trinajstić information content (AvgIpc) is 2.38. The first-order chi connectivity index (χ1) is 7.88. The second-order valence-electron chi connectivity index (χ2n) is 3.66. The maximum absolute atomic E-state index is 5.57. The number of hydrogen-bond donors (Lipinski definition) is 2. The zero-order chi connectivity index (χ0) is 11.2. The maximum Gasteiger partial charge on any atom is 0.137 e. The van der Waals surface area contributed by atoms with Crippen molar-refractivity contribution in [3.8, 4) is 5.75 Å². The summed E-state index contributed by atoms with van der Waals surface area (Å²) in [5.41, 5.74) is 0. The van der Waals surface area contributed by atoms with Crippen LogP contribution in [0.15, 0.2) is 18.3 Å². The number of hydrogen-bond acceptors (Lipinski definition) is 5. The molecule has 5 nitrogen and oxygen atoms in total. The first-order valence-corrected chi connectivity index (χ1v) is 5.45. The van der Waals surface area contributed by atoms with Crippen molar-refractivity contribution in [2.75, 3.05) is 38.7 Å². The van der Waals surface area contributed by atoms with Crippen LogP contribution in [0.3, 0.4) is 0 Å². The van der Waals surface area contributed by atoms with Crippen molar-refractivity contribution in [1.29, 1.82) is 0 Å². The van der Waals surface area contributed by atoms with Gasteiger partial charge in [0.25, 0.3) is 0 Å². The first kappa shape index (κ1) is 11.2. The van der Waals surface area contributed by atoms with Gasteiger partial charge in [-0.1, -0.05) is 0 Å². The molecule has 88 valence electrons. The normalized spacial score (nSPS) is 20.4. The predicted octanol–water partition coefficient (Wildman–Crippen LogP) is 0.490. The highest BCUT2D eigenvalue weighted by atomic mass is 16.5. The summed E-state index contributed by atoms with van der Waals surface area (Å²) in [5, 5.41) is 6.52. The van der Waals surface area contributed by atoms with Gasteiger partial charge in [0, 0.05) is 19.6 Å². The molecular formula is C11H17N3O2. The van der Waals surface area contributed by atoms with E-state index in [9.17, 15) is 0 Å². The molecule has 0 radical (unpaired) electrons. The summed E-state index contributed by atoms with van der Waals surface area (Å²) in [6.45, 7) is 3.38. The Hall–Kier alpha value is -1.33. The van der Waals surface area contributed by atoms with Crippen LogP contribution in [0.25, 0.3) is 0 Å². The summed E-state index contributed by atoms with van der Waals surface area (Å²) in [4.78, 5) is 4.22. The minimum atomic E-state index is 0.220. The van der Waals surface area contributed by atoms with Crippen LogP contribution in [-0.2, 0) is 4.74 Å². The third-order valence-corrected chi connectivity index (χ3v) is 2.49. The molecular weight excluding hydrogens is 206 g/mol. The number of nitrogens with one attached hydrogen (secondary N) is 2. The highest BCUT2D eigenvalue weighted by molar-refractivity contribution is 5.37. The number of morpholine rings is 1. The molecule has 1 aromatic heterocycles. The third kappa shape index (κ3) is 3.08. The Morgan fingerprint density at radius 3 is 3.19 bits per heavy atom. The van der Waals surface area contributed by atoms with Crippen LogP contribution in [0.5, 0.6) is 5.75 Å². The number of aromatic nitrogens is 1. The quantitative estimate of drug-likeness (QED) is 0.778. The zero-order valence-electron chi connectivity index (χ0n) is 9.40. The maximum atomic E-state index is 5.57. The Morgan fingerprint density at radius 1 is 1.62 bits per heavy atom. The molecule has 1 atom stereocenters. The second-order valence-corrected chi connectivity index (χ2v) is 3.66. The van der Waals surface area contributed by atoms with E-state index in [1.54, 1.807) is 13.3 Å². The standard InChI is InChI=1S/C11H17N3O2/c1-15-9-2-3-11(13-7-9)14-8-10-6-12-4-5-16-10/h2-3,7,10,12H,4-6,8H2,1H3,(H,13,14). The van der Waals surface area contributed by atoms with Gasteiger partial charge in [0.1, 0.15) is 11.6 Å². The van der Waals surface area contributed by atoms with E-state index in [1.807, 2.05) is 12.1 Å². The Bertz CT molecular complexity index is 310. The fourth-order valence-corrected chi connectivity index (χ4v) is 1.57. The molecule has 1 aliphatic rings. The van der Waals surface area contributed by atoms with Gasteiger partial charge in [0.2, 0.25) is 0 Å². The van der Waals surface area contributed by atoms with Gasteiger partial charge in [-0.25, -0.2) is 4.98 Å². The SMILES string of the molecule is COc1ccc(NCC2CNCCO2)nc1. The van der Waals surface area contributed by atoms with Crippen molar-refractivity contribution >= 4 is 5.82 Å². The minimum absolute atomic E-state index is 0.220. The van der Waals surface area contributed by atoms with Gasteiger partial charge < -0.3 is 20.1 Å². The molecule has 0 spiro atoms. The summed E-state index contributed by atoms with van der Waals surface area (Å²) in [7, 11) is 1.63. The summed E-state index contributed by atoms with van der Waals surface area (Å²) < 4.78 is 10.6. The molecule has 0 aromatic carbocycles. The number of nitrogens with zero attached hydrogens (tertiary/aromatic N) is 1. The Labute approximate surface area is 95.2 Å². The lowest BCUT2D eigenvalue weighted by Gasteiger charge is -2.23. The summed E-state index contributed by atoms with van der Waals surface area (Å²) in [6.07, 6.45) is 1.92. The smallest absolute Gasteiger partial charge is 0.137 e. The van der Waals surface area contributed by atoms with Crippen LogP contribution in [0.4, 0.5) is 5.82 Å². The van der Waals surface area contributed by atoms with Crippen molar-refractivity contribution in [2.45, 2.75) is 6.10 Å². The van der Waals surface area contributed by atoms with Crippen molar-refractivity contribution in [3.05, 3.63) is 18.3 Å². The van der Waals surface area contributed by atoms with Gasteiger partial charge in [-0.15, -0.1) is 0 Å². The minimum Gasteiger partial charge on any atom is -0.495 e. The number of ether oxygens (including phenoxy) is 2. The number of rotatable bonds is 4. The summed E-state index contributed by atoms with van der Waals surface area (Å²) in [6, 6.07) is 3.78. The lowest BCUT2D eigenvalue weighted by atomic mass is 10.3. The molecule has 0 amide bonds. The van der Waals surface area contributed by atoms with Crippen molar-refractivity contribution in [2.24, 2.45) is 0 Å². The van der Waals surface area contributed by atoms with E-state index in [-0.39, 0.29) is 6.10 Å². The molecule has 1 fully saturated rings. The van der Waals surface area contributed by atoms with Gasteiger partial charge in [0.15, 0.2) is 0 Å². The Balaban J connectivity index is 1.79. The lowest BCUT2D eigenvalue weighted by Crippen LogP contribution is -2.42. The molecule has 5 heteroatoms. The van der Waals surface area contributed by atoms with Crippen LogP contribution in [0.1, 0.15) is 0 Å². The molecule has 2 heterocycles. The molecule has 1 saturated heterocycles. The van der Waals surface area contributed by atoms with E-state index in [0.717, 1.165) is 37.8 Å². The lowest BCUT2D eigenvalue weighted by molar-refractivity contribution is 0.0372. The molecule has 16 heavy (non-hydrogen) atoms. The molecule has 1 aliphatic heterocycles. The first-order valence-electron chi connectivity index (χ1n) is 5.45. The van der Waals surface area contributed by atoms with Crippen molar-refractivity contribution in [1.82, 2.24) is 10.3 Å². The number of methoxy groups -OCH3 is 1. The Kier molecular flexibility index (Phi) is 3.96. The molecule has 2 rings (SSSR count). The fraction of sp³-hybridized carbons (Fsp3) is 0.545. The predicted molar refractivity (Wildman–Crippen MR) is 61.9 cm³/mol. The van der Waals surface area contributed by atoms with E-state index in [4.69, 9.17) is 9.47 Å². The van der Waals surface area contributed by atoms with Crippen molar-refractivity contribution in [3.63, 3.8) is 0 Å². The number of pyridine rings is 1. The summed E-state index contributed by atoms with van der Waals surface area (Å²) >= 11 is 0. The molecule has 0 bridgehead atoms. The van der Waals surface area contributed by atoms with Gasteiger partial charge in [-0.05, 0) is 12.1 Å². The van der Waals surface area contributed by atoms with Crippen LogP contribution >= 0.6 is 0 Å². The topological polar surface area (TPSA) is 55.4 Å². The highest BCUT2D eigenvalue weighted by Crippen LogP contribution is 2.11. The number of anilines is 1. The largest absolute Gasteiger partial charge is 0.495 e. The monoisotopic (exact) mass is 223 g/mol. The molecule has 0 aliphatic carbocycles. The van der Waals surface area contributed by atoms with Gasteiger partial charge in [-0.2, -0.15) is 0 Å². The van der Waals surface area contributed by atoms with E-state index in [0.29, 0.717) is 0 Å². The summed E-state index contributed by atoms with van der Waals surface area (Å²) in [5.74, 6) is 1.61. The second kappa shape index (κ2) is 5.67. The Morgan fingerprint density at radius 2 is 2.56 bits per heavy atom. The molecule has 1 aromatic rings. The van der Waals surface area contributed by atoms with Crippen LogP contribution in [0.2, 0.25) is 0 Å². The molecule has 0 saturated carbocycles. The molecule has 2 N–H and O–H groups in total. The van der Waals surface area contributed by atoms with Crippen LogP contribution in [-0.4, -0.2) is 44.4 Å². The fourth-order valence-electron chi connectivity index (χ4n) is 1.57. The highest BCUT2D eigenvalue weighted by Gasteiger charge is 2.12. The van der Waals surface area contributed by atoms with Gasteiger partial charge in [0.05, 0.1) is 26.0 Å². The van der Waals surface area contributed by atoms with E-state index in [2.05, 4.69) is 15.6 Å². The van der Waals surface area contributed by atoms with E-state index in [1.165, 1.54) is 0 Å². The van der Waals surface area contributed by atoms with Gasteiger partial charge >= 0.3 is 0 Å². The van der Waals surface area contributed by atoms with Crippen LogP contribution < -0.4 is 15.4 Å². The van der Waals surface area contributed by atoms with E-state index >= 15 is 0 Å².